The largest absolute Gasteiger partial charge is 0.375 e. The molecule has 2 aromatic rings. The van der Waals surface area contributed by atoms with Gasteiger partial charge in [0.2, 0.25) is 5.91 Å². The molecule has 3 nitrogen and oxygen atoms in total. The molecule has 0 fully saturated rings. The Balaban J connectivity index is 1.97. The summed E-state index contributed by atoms with van der Waals surface area (Å²) in [5.41, 5.74) is 1.32. The van der Waals surface area contributed by atoms with Crippen molar-refractivity contribution in [2.45, 2.75) is 0 Å². The lowest BCUT2D eigenvalue weighted by Crippen LogP contribution is -2.21. The number of amides is 1. The third-order valence-corrected chi connectivity index (χ3v) is 4.85. The third-order valence-electron chi connectivity index (χ3n) is 2.58. The molecule has 110 valence electrons. The lowest BCUT2D eigenvalue weighted by molar-refractivity contribution is -0.114. The molecule has 0 bridgehead atoms. The minimum absolute atomic E-state index is 0.0875. The number of halogens is 4. The van der Waals surface area contributed by atoms with E-state index in [0.29, 0.717) is 20.2 Å². The van der Waals surface area contributed by atoms with E-state index in [2.05, 4.69) is 42.5 Å². The van der Waals surface area contributed by atoms with Crippen LogP contribution in [0.25, 0.3) is 0 Å². The third kappa shape index (κ3) is 4.61. The molecular formula is C14H10Br2Cl2N2O. The van der Waals surface area contributed by atoms with Crippen molar-refractivity contribution in [3.8, 4) is 0 Å². The molecule has 0 atom stereocenters. The minimum atomic E-state index is -0.178. The maximum absolute atomic E-state index is 11.9. The van der Waals surface area contributed by atoms with Crippen LogP contribution in [0.2, 0.25) is 10.0 Å². The van der Waals surface area contributed by atoms with E-state index in [0.717, 1.165) is 10.2 Å². The summed E-state index contributed by atoms with van der Waals surface area (Å²) in [6.45, 7) is 0.0875. The number of hydrogen-bond acceptors (Lipinski definition) is 2. The van der Waals surface area contributed by atoms with Crippen LogP contribution < -0.4 is 10.6 Å². The van der Waals surface area contributed by atoms with Crippen LogP contribution in [0.5, 0.6) is 0 Å². The molecule has 2 N–H and O–H groups in total. The molecule has 0 saturated carbocycles. The zero-order valence-corrected chi connectivity index (χ0v) is 15.3. The highest BCUT2D eigenvalue weighted by Gasteiger charge is 2.09. The highest BCUT2D eigenvalue weighted by atomic mass is 79.9. The van der Waals surface area contributed by atoms with Gasteiger partial charge in [0.05, 0.1) is 22.3 Å². The average Bonchev–Trinajstić information content (AvgIpc) is 2.44. The van der Waals surface area contributed by atoms with Crippen LogP contribution in [0.4, 0.5) is 11.4 Å². The first-order valence-corrected chi connectivity index (χ1v) is 8.24. The van der Waals surface area contributed by atoms with Gasteiger partial charge in [-0.1, -0.05) is 45.2 Å². The van der Waals surface area contributed by atoms with Gasteiger partial charge in [0.1, 0.15) is 0 Å². The maximum atomic E-state index is 11.9. The highest BCUT2D eigenvalue weighted by molar-refractivity contribution is 9.10. The Kier molecular flexibility index (Phi) is 5.93. The van der Waals surface area contributed by atoms with Gasteiger partial charge < -0.3 is 10.6 Å². The van der Waals surface area contributed by atoms with Gasteiger partial charge in [-0.15, -0.1) is 0 Å². The topological polar surface area (TPSA) is 41.1 Å². The van der Waals surface area contributed by atoms with E-state index in [-0.39, 0.29) is 12.5 Å². The molecular weight excluding hydrogens is 443 g/mol. The molecule has 0 spiro atoms. The van der Waals surface area contributed by atoms with Crippen molar-refractivity contribution in [1.29, 1.82) is 0 Å². The van der Waals surface area contributed by atoms with Gasteiger partial charge in [-0.25, -0.2) is 0 Å². The Hall–Kier alpha value is -0.750. The smallest absolute Gasteiger partial charge is 0.243 e. The van der Waals surface area contributed by atoms with E-state index in [4.69, 9.17) is 23.2 Å². The second kappa shape index (κ2) is 7.49. The van der Waals surface area contributed by atoms with Crippen molar-refractivity contribution in [2.24, 2.45) is 0 Å². The van der Waals surface area contributed by atoms with Crippen LogP contribution in [-0.4, -0.2) is 12.5 Å². The summed E-state index contributed by atoms with van der Waals surface area (Å²) >= 11 is 18.8. The Morgan fingerprint density at radius 3 is 2.57 bits per heavy atom. The molecule has 0 unspecified atom stereocenters. The van der Waals surface area contributed by atoms with Crippen LogP contribution in [0.3, 0.4) is 0 Å². The molecule has 2 aromatic carbocycles. The Bertz CT molecular complexity index is 680. The Morgan fingerprint density at radius 2 is 1.86 bits per heavy atom. The van der Waals surface area contributed by atoms with E-state index in [1.54, 1.807) is 12.1 Å². The minimum Gasteiger partial charge on any atom is -0.375 e. The lowest BCUT2D eigenvalue weighted by Gasteiger charge is -2.11. The molecule has 0 aliphatic carbocycles. The van der Waals surface area contributed by atoms with E-state index in [1.807, 2.05) is 24.3 Å². The van der Waals surface area contributed by atoms with E-state index in [1.165, 1.54) is 0 Å². The van der Waals surface area contributed by atoms with Crippen molar-refractivity contribution in [3.63, 3.8) is 0 Å². The number of nitrogens with one attached hydrogen (secondary N) is 2. The first kappa shape index (κ1) is 16.6. The summed E-state index contributed by atoms with van der Waals surface area (Å²) in [6.07, 6.45) is 0. The van der Waals surface area contributed by atoms with Gasteiger partial charge >= 0.3 is 0 Å². The highest BCUT2D eigenvalue weighted by Crippen LogP contribution is 2.35. The fraction of sp³-hybridized carbons (Fsp3) is 0.0714. The second-order valence-corrected chi connectivity index (χ2v) is 6.66. The SMILES string of the molecule is O=C(CNc1ccc(Br)c(Cl)c1Cl)Nc1cccc(Br)c1. The molecule has 21 heavy (non-hydrogen) atoms. The van der Waals surface area contributed by atoms with Crippen molar-refractivity contribution in [3.05, 3.63) is 55.4 Å². The van der Waals surface area contributed by atoms with Crippen LogP contribution in [0, 0.1) is 0 Å². The summed E-state index contributed by atoms with van der Waals surface area (Å²) in [5, 5.41) is 6.52. The van der Waals surface area contributed by atoms with Crippen molar-refractivity contribution < 1.29 is 4.79 Å². The summed E-state index contributed by atoms with van der Waals surface area (Å²) in [5.74, 6) is -0.178. The monoisotopic (exact) mass is 450 g/mol. The fourth-order valence-corrected chi connectivity index (χ4v) is 2.85. The van der Waals surface area contributed by atoms with Gasteiger partial charge in [-0.2, -0.15) is 0 Å². The fourth-order valence-electron chi connectivity index (χ4n) is 1.61. The van der Waals surface area contributed by atoms with Crippen LogP contribution in [0.1, 0.15) is 0 Å². The molecule has 1 amide bonds. The lowest BCUT2D eigenvalue weighted by atomic mass is 10.3. The number of hydrogen-bond donors (Lipinski definition) is 2. The van der Waals surface area contributed by atoms with Gasteiger partial charge in [0.15, 0.2) is 0 Å². The summed E-state index contributed by atoms with van der Waals surface area (Å²) < 4.78 is 1.61. The molecule has 0 aliphatic heterocycles. The molecule has 7 heteroatoms. The van der Waals surface area contributed by atoms with E-state index >= 15 is 0 Å². The maximum Gasteiger partial charge on any atom is 0.243 e. The van der Waals surface area contributed by atoms with Crippen molar-refractivity contribution in [2.75, 3.05) is 17.2 Å². The van der Waals surface area contributed by atoms with E-state index in [9.17, 15) is 4.79 Å². The van der Waals surface area contributed by atoms with E-state index < -0.39 is 0 Å². The first-order valence-electron chi connectivity index (χ1n) is 5.90. The van der Waals surface area contributed by atoms with Crippen molar-refractivity contribution >= 4 is 72.3 Å². The predicted molar refractivity (Wildman–Crippen MR) is 95.4 cm³/mol. The number of rotatable bonds is 4. The van der Waals surface area contributed by atoms with Crippen LogP contribution in [-0.2, 0) is 4.79 Å². The summed E-state index contributed by atoms with van der Waals surface area (Å²) in [6, 6.07) is 10.9. The van der Waals surface area contributed by atoms with Crippen LogP contribution in [0.15, 0.2) is 45.3 Å². The second-order valence-electron chi connectivity index (χ2n) is 4.13. The van der Waals surface area contributed by atoms with Gasteiger partial charge in [0.25, 0.3) is 0 Å². The molecule has 0 radical (unpaired) electrons. The number of carbonyl (C=O) groups excluding carboxylic acids is 1. The number of benzene rings is 2. The first-order chi connectivity index (χ1) is 9.97. The molecule has 0 saturated heterocycles. The zero-order valence-electron chi connectivity index (χ0n) is 10.6. The molecule has 0 aliphatic rings. The number of anilines is 2. The predicted octanol–water partition coefficient (Wildman–Crippen LogP) is 5.57. The molecule has 0 heterocycles. The summed E-state index contributed by atoms with van der Waals surface area (Å²) in [7, 11) is 0. The number of carbonyl (C=O) groups is 1. The average molecular weight is 453 g/mol. The van der Waals surface area contributed by atoms with Gasteiger partial charge in [0, 0.05) is 14.6 Å². The standard InChI is InChI=1S/C14H10Br2Cl2N2O/c15-8-2-1-3-9(6-8)20-12(21)7-19-11-5-4-10(16)13(17)14(11)18/h1-6,19H,7H2,(H,20,21). The normalized spacial score (nSPS) is 10.3. The Labute approximate surface area is 149 Å². The Morgan fingerprint density at radius 1 is 1.10 bits per heavy atom. The molecule has 0 aromatic heterocycles. The molecule has 2 rings (SSSR count). The van der Waals surface area contributed by atoms with Crippen molar-refractivity contribution in [1.82, 2.24) is 0 Å². The quantitative estimate of drug-likeness (QED) is 0.595. The zero-order chi connectivity index (χ0) is 15.4. The van der Waals surface area contributed by atoms with Gasteiger partial charge in [-0.3, -0.25) is 4.79 Å². The summed E-state index contributed by atoms with van der Waals surface area (Å²) in [4.78, 5) is 11.9. The van der Waals surface area contributed by atoms with Gasteiger partial charge in [-0.05, 0) is 46.3 Å². The van der Waals surface area contributed by atoms with Crippen LogP contribution >= 0.6 is 55.1 Å².